The Morgan fingerprint density at radius 3 is 2.64 bits per heavy atom. The Bertz CT molecular complexity index is 1480. The number of methoxy groups -OCH3 is 1. The zero-order valence-corrected chi connectivity index (χ0v) is 19.3. The third kappa shape index (κ3) is 3.34. The van der Waals surface area contributed by atoms with Gasteiger partial charge < -0.3 is 18.6 Å². The fourth-order valence-corrected chi connectivity index (χ4v) is 4.80. The first-order valence-electron chi connectivity index (χ1n) is 11.1. The summed E-state index contributed by atoms with van der Waals surface area (Å²) < 4.78 is 13.1. The van der Waals surface area contributed by atoms with Gasteiger partial charge in [0.15, 0.2) is 5.58 Å². The van der Waals surface area contributed by atoms with Crippen molar-refractivity contribution in [1.82, 2.24) is 9.55 Å². The third-order valence-electron chi connectivity index (χ3n) is 6.93. The van der Waals surface area contributed by atoms with Crippen LogP contribution in [0, 0.1) is 18.3 Å². The van der Waals surface area contributed by atoms with Gasteiger partial charge in [-0.25, -0.2) is 4.98 Å². The topological polar surface area (TPSA) is 84.3 Å². The number of nitriles is 1. The van der Waals surface area contributed by atoms with Crippen molar-refractivity contribution in [3.05, 3.63) is 63.8 Å². The van der Waals surface area contributed by atoms with Gasteiger partial charge in [0, 0.05) is 30.9 Å². The molecule has 1 fully saturated rings. The quantitative estimate of drug-likeness (QED) is 0.467. The molecule has 7 nitrogen and oxygen atoms in total. The molecule has 33 heavy (non-hydrogen) atoms. The molecule has 0 radical (unpaired) electrons. The maximum Gasteiger partial charge on any atom is 0.270 e. The summed E-state index contributed by atoms with van der Waals surface area (Å²) in [6.07, 6.45) is 1.59. The fourth-order valence-electron chi connectivity index (χ4n) is 4.80. The Kier molecular flexibility index (Phi) is 4.89. The molecule has 5 rings (SSSR count). The van der Waals surface area contributed by atoms with Crippen molar-refractivity contribution in [1.29, 1.82) is 5.26 Å². The molecule has 7 heteroatoms. The molecule has 0 amide bonds. The molecule has 4 aromatic rings. The maximum absolute atomic E-state index is 13.0. The first kappa shape index (κ1) is 21.1. The van der Waals surface area contributed by atoms with Gasteiger partial charge in [-0.15, -0.1) is 0 Å². The zero-order valence-electron chi connectivity index (χ0n) is 19.3. The molecule has 0 saturated carbocycles. The first-order valence-corrected chi connectivity index (χ1v) is 11.1. The molecule has 2 aromatic carbocycles. The van der Waals surface area contributed by atoms with E-state index in [-0.39, 0.29) is 16.5 Å². The molecule has 3 heterocycles. The van der Waals surface area contributed by atoms with Crippen LogP contribution in [-0.2, 0) is 12.5 Å². The van der Waals surface area contributed by atoms with Crippen LogP contribution in [-0.4, -0.2) is 29.8 Å². The fraction of sp³-hybridized carbons (Fsp3) is 0.346. The number of piperidine rings is 1. The minimum absolute atomic E-state index is 0.166. The van der Waals surface area contributed by atoms with E-state index < -0.39 is 0 Å². The highest BCUT2D eigenvalue weighted by Crippen LogP contribution is 2.40. The number of aryl methyl sites for hydroxylation is 2. The van der Waals surface area contributed by atoms with Crippen molar-refractivity contribution < 1.29 is 9.15 Å². The van der Waals surface area contributed by atoms with Gasteiger partial charge in [0.1, 0.15) is 22.9 Å². The Morgan fingerprint density at radius 1 is 1.18 bits per heavy atom. The molecule has 0 atom stereocenters. The van der Waals surface area contributed by atoms with E-state index in [0.717, 1.165) is 46.3 Å². The molecule has 2 aromatic heterocycles. The van der Waals surface area contributed by atoms with Crippen LogP contribution in [0.15, 0.2) is 45.6 Å². The van der Waals surface area contributed by atoms with Gasteiger partial charge in [0.25, 0.3) is 5.56 Å². The van der Waals surface area contributed by atoms with Crippen molar-refractivity contribution in [2.45, 2.75) is 32.1 Å². The summed E-state index contributed by atoms with van der Waals surface area (Å²) in [4.78, 5) is 19.9. The number of pyridine rings is 1. The highest BCUT2D eigenvalue weighted by molar-refractivity contribution is 5.96. The lowest BCUT2D eigenvalue weighted by molar-refractivity contribution is 0.292. The van der Waals surface area contributed by atoms with E-state index in [4.69, 9.17) is 14.1 Å². The average molecular weight is 443 g/mol. The zero-order chi connectivity index (χ0) is 23.3. The number of hydrogen-bond donors (Lipinski definition) is 0. The average Bonchev–Trinajstić information content (AvgIpc) is 3.26. The molecule has 1 saturated heterocycles. The van der Waals surface area contributed by atoms with Gasteiger partial charge in [0.2, 0.25) is 5.89 Å². The summed E-state index contributed by atoms with van der Waals surface area (Å²) in [6, 6.07) is 13.8. The van der Waals surface area contributed by atoms with E-state index >= 15 is 0 Å². The summed E-state index contributed by atoms with van der Waals surface area (Å²) in [6.45, 7) is 5.59. The molecular formula is C26H26N4O3. The number of hydrogen-bond acceptors (Lipinski definition) is 6. The normalized spacial score (nSPS) is 15.7. The van der Waals surface area contributed by atoms with Crippen LogP contribution in [0.1, 0.15) is 36.8 Å². The predicted octanol–water partition coefficient (Wildman–Crippen LogP) is 4.43. The lowest BCUT2D eigenvalue weighted by Gasteiger charge is -2.39. The highest BCUT2D eigenvalue weighted by Gasteiger charge is 2.37. The van der Waals surface area contributed by atoms with Gasteiger partial charge in [-0.1, -0.05) is 13.0 Å². The van der Waals surface area contributed by atoms with Crippen molar-refractivity contribution in [2.75, 3.05) is 25.1 Å². The Labute approximate surface area is 191 Å². The van der Waals surface area contributed by atoms with E-state index in [1.54, 1.807) is 14.2 Å². The molecule has 0 unspecified atom stereocenters. The molecular weight excluding hydrogens is 416 g/mol. The Balaban J connectivity index is 1.54. The standard InChI is InChI=1S/C26H26N4O3/c1-16-5-8-22-20(13-16)28-25(33-22)26(2)9-11-30(12-10-26)23-18-14-17(32-4)6-7-21(18)29(3)24(31)19(23)15-27/h5-8,13-14H,9-12H2,1-4H3. The smallest absolute Gasteiger partial charge is 0.270 e. The highest BCUT2D eigenvalue weighted by atomic mass is 16.5. The van der Waals surface area contributed by atoms with Crippen LogP contribution in [0.5, 0.6) is 5.75 Å². The number of fused-ring (bicyclic) bond motifs is 2. The van der Waals surface area contributed by atoms with Gasteiger partial charge in [-0.05, 0) is 55.7 Å². The molecule has 168 valence electrons. The van der Waals surface area contributed by atoms with E-state index in [0.29, 0.717) is 24.5 Å². The second-order valence-corrected chi connectivity index (χ2v) is 9.12. The first-order chi connectivity index (χ1) is 15.8. The molecule has 0 bridgehead atoms. The van der Waals surface area contributed by atoms with E-state index in [9.17, 15) is 10.1 Å². The number of rotatable bonds is 3. The van der Waals surface area contributed by atoms with Crippen LogP contribution >= 0.6 is 0 Å². The number of nitrogens with zero attached hydrogens (tertiary/aromatic N) is 4. The number of aromatic nitrogens is 2. The lowest BCUT2D eigenvalue weighted by atomic mass is 9.80. The summed E-state index contributed by atoms with van der Waals surface area (Å²) in [7, 11) is 3.31. The van der Waals surface area contributed by atoms with Gasteiger partial charge in [-0.2, -0.15) is 5.26 Å². The number of ether oxygens (including phenoxy) is 1. The monoisotopic (exact) mass is 442 g/mol. The molecule has 0 aliphatic carbocycles. The summed E-state index contributed by atoms with van der Waals surface area (Å²) >= 11 is 0. The summed E-state index contributed by atoms with van der Waals surface area (Å²) in [5, 5.41) is 10.7. The Morgan fingerprint density at radius 2 is 1.94 bits per heavy atom. The molecule has 0 N–H and O–H groups in total. The third-order valence-corrected chi connectivity index (χ3v) is 6.93. The number of benzene rings is 2. The second-order valence-electron chi connectivity index (χ2n) is 9.12. The van der Waals surface area contributed by atoms with Crippen molar-refractivity contribution in [3.8, 4) is 11.8 Å². The molecule has 0 spiro atoms. The molecule has 1 aliphatic heterocycles. The van der Waals surface area contributed by atoms with Crippen molar-refractivity contribution in [2.24, 2.45) is 7.05 Å². The van der Waals surface area contributed by atoms with Crippen molar-refractivity contribution >= 4 is 27.7 Å². The molecule has 1 aliphatic rings. The number of oxazole rings is 1. The van der Waals surface area contributed by atoms with Gasteiger partial charge >= 0.3 is 0 Å². The lowest BCUT2D eigenvalue weighted by Crippen LogP contribution is -2.42. The summed E-state index contributed by atoms with van der Waals surface area (Å²) in [5.74, 6) is 1.44. The van der Waals surface area contributed by atoms with Crippen LogP contribution in [0.4, 0.5) is 5.69 Å². The minimum atomic E-state index is -0.284. The van der Waals surface area contributed by atoms with E-state index in [2.05, 4.69) is 17.9 Å². The largest absolute Gasteiger partial charge is 0.497 e. The minimum Gasteiger partial charge on any atom is -0.497 e. The SMILES string of the molecule is COc1ccc2c(c1)c(N1CCC(C)(c3nc4cc(C)ccc4o3)CC1)c(C#N)c(=O)n2C. The van der Waals surface area contributed by atoms with Crippen LogP contribution in [0.2, 0.25) is 0 Å². The van der Waals surface area contributed by atoms with E-state index in [1.165, 1.54) is 4.57 Å². The predicted molar refractivity (Wildman–Crippen MR) is 128 cm³/mol. The summed E-state index contributed by atoms with van der Waals surface area (Å²) in [5.41, 5.74) is 3.96. The second kappa shape index (κ2) is 7.66. The van der Waals surface area contributed by atoms with Crippen molar-refractivity contribution in [3.63, 3.8) is 0 Å². The maximum atomic E-state index is 13.0. The van der Waals surface area contributed by atoms with Crippen LogP contribution in [0.3, 0.4) is 0 Å². The Hall–Kier alpha value is -3.79. The van der Waals surface area contributed by atoms with Gasteiger partial charge in [0.05, 0.1) is 18.3 Å². The van der Waals surface area contributed by atoms with Gasteiger partial charge in [-0.3, -0.25) is 4.79 Å². The van der Waals surface area contributed by atoms with Crippen LogP contribution < -0.4 is 15.2 Å². The number of anilines is 1. The van der Waals surface area contributed by atoms with Crippen LogP contribution in [0.25, 0.3) is 22.0 Å². The van der Waals surface area contributed by atoms with E-state index in [1.807, 2.05) is 43.3 Å².